The minimum absolute atomic E-state index is 0.0218. The summed E-state index contributed by atoms with van der Waals surface area (Å²) in [6.07, 6.45) is 7.70. The van der Waals surface area contributed by atoms with Gasteiger partial charge in [-0.15, -0.1) is 10.2 Å². The molecule has 2 aromatic heterocycles. The Kier molecular flexibility index (Phi) is 5.18. The van der Waals surface area contributed by atoms with Gasteiger partial charge in [0, 0.05) is 36.2 Å². The summed E-state index contributed by atoms with van der Waals surface area (Å²) in [5, 5.41) is 7.59. The summed E-state index contributed by atoms with van der Waals surface area (Å²) in [4.78, 5) is 19.1. The lowest BCUT2D eigenvalue weighted by Gasteiger charge is -2.29. The normalized spacial score (nSPS) is 11.9. The third kappa shape index (κ3) is 3.91. The van der Waals surface area contributed by atoms with Crippen molar-refractivity contribution in [2.45, 2.75) is 32.9 Å². The van der Waals surface area contributed by atoms with Crippen molar-refractivity contribution in [1.29, 1.82) is 0 Å². The first kappa shape index (κ1) is 16.8. The average Bonchev–Trinajstić information content (AvgIpc) is 3.21. The van der Waals surface area contributed by atoms with Gasteiger partial charge in [0.25, 0.3) is 5.91 Å². The molecule has 0 spiro atoms. The maximum Gasteiger partial charge on any atom is 0.254 e. The van der Waals surface area contributed by atoms with E-state index < -0.39 is 0 Å². The van der Waals surface area contributed by atoms with Crippen molar-refractivity contribution in [1.82, 2.24) is 24.6 Å². The zero-order chi connectivity index (χ0) is 17.6. The van der Waals surface area contributed by atoms with Crippen LogP contribution < -0.4 is 0 Å². The van der Waals surface area contributed by atoms with E-state index in [1.807, 2.05) is 41.3 Å². The Bertz CT molecular complexity index is 800. The number of aromatic nitrogens is 4. The summed E-state index contributed by atoms with van der Waals surface area (Å²) in [5.74, 6) is 0.0218. The van der Waals surface area contributed by atoms with Crippen LogP contribution in [0.1, 0.15) is 36.2 Å². The fourth-order valence-electron chi connectivity index (χ4n) is 2.61. The lowest BCUT2D eigenvalue weighted by atomic mass is 10.1. The molecule has 6 heteroatoms. The predicted molar refractivity (Wildman–Crippen MR) is 95.2 cm³/mol. The van der Waals surface area contributed by atoms with Crippen LogP contribution in [0.3, 0.4) is 0 Å². The number of carbonyl (C=O) groups is 1. The quantitative estimate of drug-likeness (QED) is 0.694. The SMILES string of the molecule is CC[C@@H](C)N(Cc1cccnc1)C(=O)c1ccc(-n2cnnc2)cc1. The van der Waals surface area contributed by atoms with Crippen molar-refractivity contribution < 1.29 is 4.79 Å². The molecule has 6 nitrogen and oxygen atoms in total. The van der Waals surface area contributed by atoms with Crippen molar-refractivity contribution in [2.75, 3.05) is 0 Å². The highest BCUT2D eigenvalue weighted by Crippen LogP contribution is 2.16. The molecule has 1 atom stereocenters. The van der Waals surface area contributed by atoms with E-state index in [4.69, 9.17) is 0 Å². The number of nitrogens with zero attached hydrogens (tertiary/aromatic N) is 5. The van der Waals surface area contributed by atoms with E-state index in [0.29, 0.717) is 12.1 Å². The molecule has 0 saturated heterocycles. The van der Waals surface area contributed by atoms with Crippen LogP contribution in [0.4, 0.5) is 0 Å². The highest BCUT2D eigenvalue weighted by atomic mass is 16.2. The van der Waals surface area contributed by atoms with E-state index in [1.165, 1.54) is 0 Å². The number of benzene rings is 1. The minimum Gasteiger partial charge on any atom is -0.332 e. The van der Waals surface area contributed by atoms with Gasteiger partial charge < -0.3 is 4.90 Å². The van der Waals surface area contributed by atoms with Crippen LogP contribution >= 0.6 is 0 Å². The van der Waals surface area contributed by atoms with Crippen LogP contribution in [0.5, 0.6) is 0 Å². The Morgan fingerprint density at radius 2 is 1.88 bits per heavy atom. The maximum absolute atomic E-state index is 13.0. The van der Waals surface area contributed by atoms with Crippen molar-refractivity contribution in [3.8, 4) is 5.69 Å². The molecule has 25 heavy (non-hydrogen) atoms. The third-order valence-corrected chi connectivity index (χ3v) is 4.29. The van der Waals surface area contributed by atoms with Gasteiger partial charge in [-0.2, -0.15) is 0 Å². The fourth-order valence-corrected chi connectivity index (χ4v) is 2.61. The molecule has 2 heterocycles. The molecular formula is C19H21N5O. The number of rotatable bonds is 6. The molecule has 0 aliphatic rings. The van der Waals surface area contributed by atoms with Gasteiger partial charge in [0.2, 0.25) is 0 Å². The number of pyridine rings is 1. The standard InChI is InChI=1S/C19H21N5O/c1-3-15(2)24(12-16-5-4-10-20-11-16)19(25)17-6-8-18(9-7-17)23-13-21-22-14-23/h4-11,13-15H,3,12H2,1-2H3/t15-/m1/s1. The first-order valence-corrected chi connectivity index (χ1v) is 8.34. The summed E-state index contributed by atoms with van der Waals surface area (Å²) in [7, 11) is 0. The van der Waals surface area contributed by atoms with Crippen molar-refractivity contribution >= 4 is 5.91 Å². The molecule has 0 unspecified atom stereocenters. The average molecular weight is 335 g/mol. The third-order valence-electron chi connectivity index (χ3n) is 4.29. The van der Waals surface area contributed by atoms with Crippen molar-refractivity contribution in [2.24, 2.45) is 0 Å². The molecule has 1 aromatic carbocycles. The summed E-state index contributed by atoms with van der Waals surface area (Å²) in [6.45, 7) is 4.71. The zero-order valence-corrected chi connectivity index (χ0v) is 14.4. The summed E-state index contributed by atoms with van der Waals surface area (Å²) in [6, 6.07) is 11.5. The molecule has 3 rings (SSSR count). The van der Waals surface area contributed by atoms with Gasteiger partial charge in [-0.25, -0.2) is 0 Å². The second kappa shape index (κ2) is 7.70. The van der Waals surface area contributed by atoms with Crippen LogP contribution in [0.15, 0.2) is 61.4 Å². The predicted octanol–water partition coefficient (Wildman–Crippen LogP) is 3.10. The smallest absolute Gasteiger partial charge is 0.254 e. The highest BCUT2D eigenvalue weighted by molar-refractivity contribution is 5.94. The first-order chi connectivity index (χ1) is 12.2. The van der Waals surface area contributed by atoms with Crippen LogP contribution in [-0.2, 0) is 6.54 Å². The Hall–Kier alpha value is -3.02. The Balaban J connectivity index is 1.82. The number of amides is 1. The van der Waals surface area contributed by atoms with Gasteiger partial charge in [-0.3, -0.25) is 14.3 Å². The zero-order valence-electron chi connectivity index (χ0n) is 14.4. The molecule has 128 valence electrons. The number of hydrogen-bond donors (Lipinski definition) is 0. The Morgan fingerprint density at radius 3 is 2.48 bits per heavy atom. The van der Waals surface area contributed by atoms with Crippen LogP contribution in [0, 0.1) is 0 Å². The first-order valence-electron chi connectivity index (χ1n) is 8.34. The maximum atomic E-state index is 13.0. The Labute approximate surface area is 147 Å². The van der Waals surface area contributed by atoms with Crippen LogP contribution in [0.2, 0.25) is 0 Å². The minimum atomic E-state index is 0.0218. The largest absolute Gasteiger partial charge is 0.332 e. The topological polar surface area (TPSA) is 63.9 Å². The summed E-state index contributed by atoms with van der Waals surface area (Å²) < 4.78 is 1.80. The van der Waals surface area contributed by atoms with Gasteiger partial charge in [0.1, 0.15) is 12.7 Å². The second-order valence-corrected chi connectivity index (χ2v) is 5.97. The number of carbonyl (C=O) groups excluding carboxylic acids is 1. The van der Waals surface area contributed by atoms with E-state index in [9.17, 15) is 4.79 Å². The molecule has 0 aliphatic heterocycles. The van der Waals surface area contributed by atoms with Gasteiger partial charge >= 0.3 is 0 Å². The number of hydrogen-bond acceptors (Lipinski definition) is 4. The van der Waals surface area contributed by atoms with Crippen LogP contribution in [0.25, 0.3) is 5.69 Å². The summed E-state index contributed by atoms with van der Waals surface area (Å²) >= 11 is 0. The van der Waals surface area contributed by atoms with Gasteiger partial charge in [-0.05, 0) is 49.2 Å². The van der Waals surface area contributed by atoms with Gasteiger partial charge in [-0.1, -0.05) is 13.0 Å². The van der Waals surface area contributed by atoms with E-state index in [-0.39, 0.29) is 11.9 Å². The lowest BCUT2D eigenvalue weighted by molar-refractivity contribution is 0.0671. The monoisotopic (exact) mass is 335 g/mol. The van der Waals surface area contributed by atoms with Crippen molar-refractivity contribution in [3.63, 3.8) is 0 Å². The van der Waals surface area contributed by atoms with E-state index in [1.54, 1.807) is 29.6 Å². The molecular weight excluding hydrogens is 314 g/mol. The molecule has 3 aromatic rings. The van der Waals surface area contributed by atoms with E-state index in [2.05, 4.69) is 29.0 Å². The molecule has 0 saturated carbocycles. The lowest BCUT2D eigenvalue weighted by Crippen LogP contribution is -2.37. The van der Waals surface area contributed by atoms with Gasteiger partial charge in [0.05, 0.1) is 0 Å². The van der Waals surface area contributed by atoms with Crippen molar-refractivity contribution in [3.05, 3.63) is 72.6 Å². The van der Waals surface area contributed by atoms with Gasteiger partial charge in [0.15, 0.2) is 0 Å². The highest BCUT2D eigenvalue weighted by Gasteiger charge is 2.21. The molecule has 0 N–H and O–H groups in total. The second-order valence-electron chi connectivity index (χ2n) is 5.97. The molecule has 0 bridgehead atoms. The van der Waals surface area contributed by atoms with Crippen LogP contribution in [-0.4, -0.2) is 36.6 Å². The fraction of sp³-hybridized carbons (Fsp3) is 0.263. The molecule has 0 fully saturated rings. The molecule has 1 amide bonds. The molecule has 0 radical (unpaired) electrons. The van der Waals surface area contributed by atoms with E-state index >= 15 is 0 Å². The molecule has 0 aliphatic carbocycles. The van der Waals surface area contributed by atoms with E-state index in [0.717, 1.165) is 17.7 Å². The Morgan fingerprint density at radius 1 is 1.16 bits per heavy atom. The summed E-state index contributed by atoms with van der Waals surface area (Å²) in [5.41, 5.74) is 2.61.